The van der Waals surface area contributed by atoms with Crippen molar-refractivity contribution in [3.05, 3.63) is 70.2 Å². The second-order valence-electron chi connectivity index (χ2n) is 9.80. The van der Waals surface area contributed by atoms with Crippen molar-refractivity contribution in [2.45, 2.75) is 37.8 Å². The van der Waals surface area contributed by atoms with E-state index in [0.717, 1.165) is 4.31 Å². The number of hydrogen-bond acceptors (Lipinski definition) is 8. The van der Waals surface area contributed by atoms with Crippen LogP contribution in [-0.2, 0) is 26.2 Å². The molecular weight excluding hydrogens is 645 g/mol. The van der Waals surface area contributed by atoms with Gasteiger partial charge in [0, 0.05) is 25.2 Å². The van der Waals surface area contributed by atoms with E-state index in [1.165, 1.54) is 63.7 Å². The van der Waals surface area contributed by atoms with Gasteiger partial charge in [-0.3, -0.25) is 13.9 Å². The van der Waals surface area contributed by atoms with Gasteiger partial charge in [-0.1, -0.05) is 36.2 Å². The molecule has 1 atom stereocenters. The number of anilines is 1. The first-order valence-corrected chi connectivity index (χ1v) is 16.1. The molecule has 14 heteroatoms. The maximum atomic E-state index is 14.4. The smallest absolute Gasteiger partial charge is 0.265 e. The summed E-state index contributed by atoms with van der Waals surface area (Å²) in [6.07, 6.45) is 0.687. The van der Waals surface area contributed by atoms with Crippen LogP contribution in [0.25, 0.3) is 0 Å². The molecular formula is C31H37Cl2N3O8S. The van der Waals surface area contributed by atoms with Crippen LogP contribution in [0.15, 0.2) is 59.5 Å². The molecule has 0 fully saturated rings. The third-order valence-electron chi connectivity index (χ3n) is 6.93. The summed E-state index contributed by atoms with van der Waals surface area (Å²) in [4.78, 5) is 28.4. The Kier molecular flexibility index (Phi) is 12.6. The van der Waals surface area contributed by atoms with Crippen LogP contribution >= 0.6 is 23.2 Å². The Bertz CT molecular complexity index is 1620. The fraction of sp³-hybridized carbons (Fsp3) is 0.355. The number of nitrogens with one attached hydrogen (secondary N) is 1. The Hall–Kier alpha value is -3.87. The number of carbonyl (C=O) groups is 2. The number of hydrogen-bond donors (Lipinski definition) is 1. The van der Waals surface area contributed by atoms with Crippen molar-refractivity contribution in [3.63, 3.8) is 0 Å². The molecule has 3 aromatic carbocycles. The summed E-state index contributed by atoms with van der Waals surface area (Å²) in [5.74, 6) is -0.0986. The van der Waals surface area contributed by atoms with Gasteiger partial charge >= 0.3 is 0 Å². The Morgan fingerprint density at radius 2 is 1.51 bits per heavy atom. The van der Waals surface area contributed by atoms with Crippen molar-refractivity contribution in [2.24, 2.45) is 0 Å². The van der Waals surface area contributed by atoms with E-state index in [1.807, 2.05) is 6.92 Å². The van der Waals surface area contributed by atoms with Gasteiger partial charge in [0.05, 0.1) is 49.1 Å². The summed E-state index contributed by atoms with van der Waals surface area (Å²) in [6, 6.07) is 12.5. The lowest BCUT2D eigenvalue weighted by molar-refractivity contribution is -0.139. The number of methoxy groups -OCH3 is 4. The largest absolute Gasteiger partial charge is 0.497 e. The van der Waals surface area contributed by atoms with Gasteiger partial charge in [0.2, 0.25) is 11.8 Å². The zero-order valence-corrected chi connectivity index (χ0v) is 28.3. The number of nitrogens with zero attached hydrogens (tertiary/aromatic N) is 2. The molecule has 45 heavy (non-hydrogen) atoms. The number of halogens is 2. The van der Waals surface area contributed by atoms with E-state index in [0.29, 0.717) is 35.1 Å². The van der Waals surface area contributed by atoms with Gasteiger partial charge in [-0.2, -0.15) is 0 Å². The number of rotatable bonds is 15. The minimum absolute atomic E-state index is 0.0394. The Balaban J connectivity index is 2.17. The monoisotopic (exact) mass is 681 g/mol. The van der Waals surface area contributed by atoms with Crippen LogP contribution in [0.4, 0.5) is 5.69 Å². The van der Waals surface area contributed by atoms with E-state index >= 15 is 0 Å². The van der Waals surface area contributed by atoms with Gasteiger partial charge in [-0.05, 0) is 55.3 Å². The predicted molar refractivity (Wildman–Crippen MR) is 173 cm³/mol. The average molecular weight is 683 g/mol. The summed E-state index contributed by atoms with van der Waals surface area (Å²) < 4.78 is 51.1. The quantitative estimate of drug-likeness (QED) is 0.233. The highest BCUT2D eigenvalue weighted by molar-refractivity contribution is 7.92. The third-order valence-corrected chi connectivity index (χ3v) is 9.42. The lowest BCUT2D eigenvalue weighted by atomic mass is 10.1. The molecule has 0 heterocycles. The predicted octanol–water partition coefficient (Wildman–Crippen LogP) is 5.17. The van der Waals surface area contributed by atoms with Crippen LogP contribution in [0.5, 0.6) is 23.0 Å². The van der Waals surface area contributed by atoms with E-state index in [1.54, 1.807) is 31.2 Å². The van der Waals surface area contributed by atoms with Crippen LogP contribution in [0.1, 0.15) is 25.8 Å². The zero-order chi connectivity index (χ0) is 33.3. The van der Waals surface area contributed by atoms with Gasteiger partial charge in [0.25, 0.3) is 10.0 Å². The van der Waals surface area contributed by atoms with Crippen LogP contribution in [0.3, 0.4) is 0 Å². The number of sulfonamides is 1. The lowest BCUT2D eigenvalue weighted by Crippen LogP contribution is -2.51. The minimum Gasteiger partial charge on any atom is -0.497 e. The summed E-state index contributed by atoms with van der Waals surface area (Å²) in [5, 5.41) is 3.39. The molecule has 0 aliphatic heterocycles. The normalized spacial score (nSPS) is 11.7. The molecule has 0 radical (unpaired) electrons. The number of ether oxygens (including phenoxy) is 4. The number of benzene rings is 3. The van der Waals surface area contributed by atoms with Crippen molar-refractivity contribution in [3.8, 4) is 23.0 Å². The average Bonchev–Trinajstić information content (AvgIpc) is 3.05. The van der Waals surface area contributed by atoms with E-state index in [2.05, 4.69) is 5.32 Å². The molecule has 1 N–H and O–H groups in total. The van der Waals surface area contributed by atoms with Gasteiger partial charge in [0.1, 0.15) is 24.1 Å². The first-order chi connectivity index (χ1) is 21.4. The highest BCUT2D eigenvalue weighted by Crippen LogP contribution is 2.38. The molecule has 0 saturated heterocycles. The lowest BCUT2D eigenvalue weighted by Gasteiger charge is -2.32. The molecule has 0 bridgehead atoms. The summed E-state index contributed by atoms with van der Waals surface area (Å²) in [5.41, 5.74) is 0.624. The molecule has 11 nitrogen and oxygen atoms in total. The molecule has 0 spiro atoms. The molecule has 0 unspecified atom stereocenters. The molecule has 0 aromatic heterocycles. The summed E-state index contributed by atoms with van der Waals surface area (Å²) in [7, 11) is 1.15. The Labute approximate surface area is 274 Å². The summed E-state index contributed by atoms with van der Waals surface area (Å²) in [6.45, 7) is 3.11. The molecule has 0 aliphatic rings. The third kappa shape index (κ3) is 8.44. The van der Waals surface area contributed by atoms with Gasteiger partial charge in [0.15, 0.2) is 11.5 Å². The van der Waals surface area contributed by atoms with E-state index < -0.39 is 34.4 Å². The second-order valence-corrected chi connectivity index (χ2v) is 12.5. The van der Waals surface area contributed by atoms with Crippen molar-refractivity contribution >= 4 is 50.7 Å². The first-order valence-electron chi connectivity index (χ1n) is 13.9. The highest BCUT2D eigenvalue weighted by atomic mass is 35.5. The molecule has 0 saturated carbocycles. The fourth-order valence-electron chi connectivity index (χ4n) is 4.42. The summed E-state index contributed by atoms with van der Waals surface area (Å²) >= 11 is 12.3. The van der Waals surface area contributed by atoms with Crippen LogP contribution in [-0.4, -0.2) is 72.7 Å². The topological polar surface area (TPSA) is 124 Å². The van der Waals surface area contributed by atoms with Crippen LogP contribution < -0.4 is 28.6 Å². The van der Waals surface area contributed by atoms with Crippen molar-refractivity contribution in [1.29, 1.82) is 0 Å². The number of amides is 2. The van der Waals surface area contributed by atoms with Crippen molar-refractivity contribution in [1.82, 2.24) is 10.2 Å². The van der Waals surface area contributed by atoms with Crippen LogP contribution in [0.2, 0.25) is 10.0 Å². The molecule has 2 amide bonds. The maximum absolute atomic E-state index is 14.4. The number of carbonyl (C=O) groups excluding carboxylic acids is 2. The van der Waals surface area contributed by atoms with Crippen LogP contribution in [0, 0.1) is 0 Å². The van der Waals surface area contributed by atoms with Gasteiger partial charge in [-0.25, -0.2) is 8.42 Å². The van der Waals surface area contributed by atoms with E-state index in [9.17, 15) is 18.0 Å². The van der Waals surface area contributed by atoms with E-state index in [4.69, 9.17) is 42.1 Å². The van der Waals surface area contributed by atoms with Gasteiger partial charge < -0.3 is 29.2 Å². The fourth-order valence-corrected chi connectivity index (χ4v) is 6.18. The maximum Gasteiger partial charge on any atom is 0.265 e. The highest BCUT2D eigenvalue weighted by Gasteiger charge is 2.34. The second kappa shape index (κ2) is 15.9. The molecule has 3 rings (SSSR count). The zero-order valence-electron chi connectivity index (χ0n) is 25.9. The van der Waals surface area contributed by atoms with E-state index in [-0.39, 0.29) is 33.6 Å². The van der Waals surface area contributed by atoms with Crippen molar-refractivity contribution < 1.29 is 37.0 Å². The Morgan fingerprint density at radius 3 is 2.11 bits per heavy atom. The Morgan fingerprint density at radius 1 is 0.844 bits per heavy atom. The first kappa shape index (κ1) is 35.6. The SMILES string of the molecule is CCCNC(=O)[C@@H](C)N(Cc1ccc(Cl)c(Cl)c1)C(=O)CN(c1cc(OC)ccc1OC)S(=O)(=O)c1ccc(OC)c(OC)c1. The van der Waals surface area contributed by atoms with Crippen molar-refractivity contribution in [2.75, 3.05) is 45.8 Å². The molecule has 244 valence electrons. The standard InChI is InChI=1S/C31H37Cl2N3O8S/c1-7-14-34-31(38)20(2)35(18-21-8-11-24(32)25(33)15-21)30(37)19-36(26-16-22(41-3)9-12-27(26)42-4)45(39,40)23-10-13-28(43-5)29(17-23)44-6/h8-13,15-17,20H,7,14,18-19H2,1-6H3,(H,34,38)/t20-/m1/s1. The minimum atomic E-state index is -4.47. The van der Waals surface area contributed by atoms with Gasteiger partial charge in [-0.15, -0.1) is 0 Å². The molecule has 0 aliphatic carbocycles. The molecule has 3 aromatic rings.